The van der Waals surface area contributed by atoms with Gasteiger partial charge in [-0.05, 0) is 0 Å². The Labute approximate surface area is 136 Å². The molecule has 0 aromatic rings. The molecule has 2 aliphatic rings. The van der Waals surface area contributed by atoms with Gasteiger partial charge in [0.05, 0.1) is 13.2 Å². The Morgan fingerprint density at radius 2 is 1.25 bits per heavy atom. The third-order valence-electron chi connectivity index (χ3n) is 3.98. The van der Waals surface area contributed by atoms with E-state index >= 15 is 0 Å². The van der Waals surface area contributed by atoms with Crippen LogP contribution in [0.1, 0.15) is 0 Å². The van der Waals surface area contributed by atoms with Gasteiger partial charge in [-0.1, -0.05) is 0 Å². The predicted octanol–water partition coefficient (Wildman–Crippen LogP) is -6.22. The summed E-state index contributed by atoms with van der Waals surface area (Å²) in [5, 5.41) is 76.5. The molecule has 10 unspecified atom stereocenters. The van der Waals surface area contributed by atoms with Gasteiger partial charge in [0.25, 0.3) is 0 Å². The van der Waals surface area contributed by atoms with Crippen LogP contribution in [0.5, 0.6) is 0 Å². The molecular formula is C12H24O12. The second kappa shape index (κ2) is 8.75. The van der Waals surface area contributed by atoms with Gasteiger partial charge in [0, 0.05) is 0 Å². The molecule has 24 heavy (non-hydrogen) atoms. The van der Waals surface area contributed by atoms with E-state index < -0.39 is 74.6 Å². The fourth-order valence-corrected chi connectivity index (χ4v) is 2.57. The van der Waals surface area contributed by atoms with Gasteiger partial charge < -0.3 is 60.5 Å². The van der Waals surface area contributed by atoms with Crippen LogP contribution in [0.2, 0.25) is 0 Å². The van der Waals surface area contributed by atoms with Crippen molar-refractivity contribution in [3.8, 4) is 0 Å². The van der Waals surface area contributed by atoms with Crippen LogP contribution >= 0.6 is 0 Å². The van der Waals surface area contributed by atoms with E-state index in [-0.39, 0.29) is 5.48 Å². The molecule has 144 valence electrons. The smallest absolute Gasteiger partial charge is 0.187 e. The van der Waals surface area contributed by atoms with Crippen molar-refractivity contribution in [1.82, 2.24) is 0 Å². The highest BCUT2D eigenvalue weighted by Gasteiger charge is 2.50. The molecular weight excluding hydrogens is 336 g/mol. The average molecular weight is 360 g/mol. The zero-order chi connectivity index (χ0) is 17.3. The summed E-state index contributed by atoms with van der Waals surface area (Å²) in [6.45, 7) is -1.35. The standard InChI is InChI=1S/C12H22O11.H2O/c13-1-3-5(15)6(16)9(19)12(22-3)23-10-4(2-14)21-11(20)8(18)7(10)17;/h3-20H,1-2H2;1H2. The monoisotopic (exact) mass is 360 g/mol. The van der Waals surface area contributed by atoms with Gasteiger partial charge in [0.1, 0.15) is 48.8 Å². The first-order valence-electron chi connectivity index (χ1n) is 7.08. The highest BCUT2D eigenvalue weighted by Crippen LogP contribution is 2.28. The van der Waals surface area contributed by atoms with Gasteiger partial charge in [-0.2, -0.15) is 0 Å². The molecule has 10 N–H and O–H groups in total. The minimum Gasteiger partial charge on any atom is -0.412 e. The molecule has 2 saturated heterocycles. The zero-order valence-corrected chi connectivity index (χ0v) is 12.5. The highest BCUT2D eigenvalue weighted by atomic mass is 16.7. The lowest BCUT2D eigenvalue weighted by molar-refractivity contribution is -0.355. The van der Waals surface area contributed by atoms with Gasteiger partial charge in [0.15, 0.2) is 12.6 Å². The van der Waals surface area contributed by atoms with Crippen molar-refractivity contribution in [2.75, 3.05) is 13.2 Å². The van der Waals surface area contributed by atoms with Crippen molar-refractivity contribution >= 4 is 0 Å². The Balaban J connectivity index is 0.00000288. The third-order valence-corrected chi connectivity index (χ3v) is 3.98. The Morgan fingerprint density at radius 1 is 0.667 bits per heavy atom. The molecule has 12 heteroatoms. The molecule has 2 aliphatic heterocycles. The lowest BCUT2D eigenvalue weighted by Crippen LogP contribution is -2.64. The van der Waals surface area contributed by atoms with Gasteiger partial charge in [-0.25, -0.2) is 0 Å². The third kappa shape index (κ3) is 4.01. The number of ether oxygens (including phenoxy) is 3. The molecule has 0 aromatic carbocycles. The summed E-state index contributed by atoms with van der Waals surface area (Å²) in [7, 11) is 0. The van der Waals surface area contributed by atoms with E-state index in [1.807, 2.05) is 0 Å². The maximum Gasteiger partial charge on any atom is 0.187 e. The number of rotatable bonds is 4. The summed E-state index contributed by atoms with van der Waals surface area (Å²) in [6, 6.07) is 0. The van der Waals surface area contributed by atoms with E-state index in [2.05, 4.69) is 0 Å². The van der Waals surface area contributed by atoms with Crippen LogP contribution in [-0.4, -0.2) is 121 Å². The van der Waals surface area contributed by atoms with E-state index in [1.54, 1.807) is 0 Å². The number of hydrogen-bond donors (Lipinski definition) is 8. The quantitative estimate of drug-likeness (QED) is 0.235. The molecule has 0 spiro atoms. The Hall–Kier alpha value is -0.480. The molecule has 0 aromatic heterocycles. The van der Waals surface area contributed by atoms with E-state index in [0.29, 0.717) is 0 Å². The lowest BCUT2D eigenvalue weighted by atomic mass is 9.97. The first-order valence-corrected chi connectivity index (χ1v) is 7.08. The van der Waals surface area contributed by atoms with Gasteiger partial charge in [0.2, 0.25) is 0 Å². The molecule has 2 fully saturated rings. The van der Waals surface area contributed by atoms with E-state index in [4.69, 9.17) is 19.3 Å². The van der Waals surface area contributed by atoms with Crippen LogP contribution in [0.3, 0.4) is 0 Å². The molecule has 2 rings (SSSR count). The molecule has 0 aliphatic carbocycles. The summed E-state index contributed by atoms with van der Waals surface area (Å²) in [5.41, 5.74) is 0. The van der Waals surface area contributed by atoms with Crippen LogP contribution in [0, 0.1) is 0 Å². The summed E-state index contributed by atoms with van der Waals surface area (Å²) >= 11 is 0. The minimum atomic E-state index is -1.74. The molecule has 2 heterocycles. The first kappa shape index (κ1) is 21.6. The molecule has 10 atom stereocenters. The summed E-state index contributed by atoms with van der Waals surface area (Å²) < 4.78 is 15.3. The predicted molar refractivity (Wildman–Crippen MR) is 72.2 cm³/mol. The number of aliphatic hydroxyl groups excluding tert-OH is 8. The Bertz CT molecular complexity index is 379. The Morgan fingerprint density at radius 3 is 1.79 bits per heavy atom. The van der Waals surface area contributed by atoms with Gasteiger partial charge in [-0.3, -0.25) is 0 Å². The fourth-order valence-electron chi connectivity index (χ4n) is 2.57. The first-order chi connectivity index (χ1) is 10.8. The minimum absolute atomic E-state index is 0. The van der Waals surface area contributed by atoms with Crippen LogP contribution < -0.4 is 0 Å². The van der Waals surface area contributed by atoms with Crippen molar-refractivity contribution in [2.24, 2.45) is 0 Å². The lowest BCUT2D eigenvalue weighted by Gasteiger charge is -2.45. The number of aliphatic hydroxyl groups is 8. The van der Waals surface area contributed by atoms with Crippen molar-refractivity contribution in [2.45, 2.75) is 61.4 Å². The topological polar surface area (TPSA) is 221 Å². The normalized spacial score (nSPS) is 49.5. The van der Waals surface area contributed by atoms with Crippen molar-refractivity contribution in [1.29, 1.82) is 0 Å². The fraction of sp³-hybridized carbons (Fsp3) is 1.00. The van der Waals surface area contributed by atoms with Gasteiger partial charge in [-0.15, -0.1) is 0 Å². The maximum absolute atomic E-state index is 9.94. The van der Waals surface area contributed by atoms with E-state index in [1.165, 1.54) is 0 Å². The van der Waals surface area contributed by atoms with Gasteiger partial charge >= 0.3 is 0 Å². The molecule has 0 bridgehead atoms. The maximum atomic E-state index is 9.94. The summed E-state index contributed by atoms with van der Waals surface area (Å²) in [4.78, 5) is 0. The highest BCUT2D eigenvalue weighted by molar-refractivity contribution is 4.93. The largest absolute Gasteiger partial charge is 0.412 e. The number of hydrogen-bond acceptors (Lipinski definition) is 11. The van der Waals surface area contributed by atoms with Crippen LogP contribution in [0.15, 0.2) is 0 Å². The van der Waals surface area contributed by atoms with Crippen molar-refractivity contribution < 1.29 is 60.5 Å². The molecule has 0 radical (unpaired) electrons. The Kier molecular flexibility index (Phi) is 7.86. The molecule has 12 nitrogen and oxygen atoms in total. The van der Waals surface area contributed by atoms with Crippen LogP contribution in [0.4, 0.5) is 0 Å². The van der Waals surface area contributed by atoms with Crippen LogP contribution in [0.25, 0.3) is 0 Å². The van der Waals surface area contributed by atoms with Crippen molar-refractivity contribution in [3.63, 3.8) is 0 Å². The van der Waals surface area contributed by atoms with Crippen molar-refractivity contribution in [3.05, 3.63) is 0 Å². The summed E-state index contributed by atoms with van der Waals surface area (Å²) in [6.07, 6.45) is -15.6. The summed E-state index contributed by atoms with van der Waals surface area (Å²) in [5.74, 6) is 0. The molecule has 0 saturated carbocycles. The second-order valence-electron chi connectivity index (χ2n) is 5.53. The van der Waals surface area contributed by atoms with Crippen LogP contribution in [-0.2, 0) is 14.2 Å². The SMILES string of the molecule is O.OCC1OC(OC2C(CO)OC(O)C(O)C2O)C(O)C(O)C1O. The molecule has 0 amide bonds. The van der Waals surface area contributed by atoms with E-state index in [9.17, 15) is 35.7 Å². The average Bonchev–Trinajstić information content (AvgIpc) is 2.55. The van der Waals surface area contributed by atoms with E-state index in [0.717, 1.165) is 0 Å². The zero-order valence-electron chi connectivity index (χ0n) is 12.5. The second-order valence-corrected chi connectivity index (χ2v) is 5.53.